The van der Waals surface area contributed by atoms with Crippen molar-refractivity contribution < 1.29 is 13.5 Å². The first kappa shape index (κ1) is 13.9. The van der Waals surface area contributed by atoms with Crippen LogP contribution in [-0.2, 0) is 4.74 Å². The fourth-order valence-electron chi connectivity index (χ4n) is 1.58. The van der Waals surface area contributed by atoms with E-state index in [0.29, 0.717) is 13.2 Å². The average Bonchev–Trinajstić information content (AvgIpc) is 2.88. The first-order valence-corrected chi connectivity index (χ1v) is 6.59. The number of ether oxygens (including phenoxy) is 1. The van der Waals surface area contributed by atoms with Gasteiger partial charge in [-0.05, 0) is 11.6 Å². The van der Waals surface area contributed by atoms with Crippen LogP contribution in [0.15, 0.2) is 30.5 Å². The minimum atomic E-state index is -2.45. The van der Waals surface area contributed by atoms with E-state index in [0.717, 1.165) is 15.6 Å². The Hall–Kier alpha value is -1.53. The second-order valence-electron chi connectivity index (χ2n) is 3.88. The molecule has 1 heterocycles. The van der Waals surface area contributed by atoms with Gasteiger partial charge in [-0.2, -0.15) is 0 Å². The molecule has 0 radical (unpaired) electrons. The van der Waals surface area contributed by atoms with Gasteiger partial charge in [-0.25, -0.2) is 13.8 Å². The number of methoxy groups -OCH3 is 1. The minimum absolute atomic E-state index is 0.0276. The van der Waals surface area contributed by atoms with E-state index in [1.807, 2.05) is 0 Å². The van der Waals surface area contributed by atoms with Crippen molar-refractivity contribution >= 4 is 16.5 Å². The monoisotopic (exact) mass is 284 g/mol. The zero-order valence-electron chi connectivity index (χ0n) is 10.4. The van der Waals surface area contributed by atoms with Gasteiger partial charge in [0.15, 0.2) is 5.13 Å². The molecule has 0 aliphatic carbocycles. The molecule has 0 saturated heterocycles. The number of rotatable bonds is 6. The molecule has 6 heteroatoms. The van der Waals surface area contributed by atoms with Crippen LogP contribution < -0.4 is 5.32 Å². The van der Waals surface area contributed by atoms with E-state index < -0.39 is 6.43 Å². The Kier molecular flexibility index (Phi) is 4.81. The Morgan fingerprint density at radius 2 is 2.26 bits per heavy atom. The summed E-state index contributed by atoms with van der Waals surface area (Å²) < 4.78 is 30.2. The first-order valence-electron chi connectivity index (χ1n) is 5.78. The standard InChI is InChI=1S/C13H14F2N2OS/c1-18-6-5-16-13-17-8-11(19-13)9-3-2-4-10(7-9)12(14)15/h2-4,7-8,12H,5-6H2,1H3,(H,16,17). The van der Waals surface area contributed by atoms with Gasteiger partial charge in [0.25, 0.3) is 6.43 Å². The molecule has 3 nitrogen and oxygen atoms in total. The second kappa shape index (κ2) is 6.58. The fourth-order valence-corrected chi connectivity index (χ4v) is 2.42. The molecule has 0 aliphatic rings. The number of nitrogens with one attached hydrogen (secondary N) is 1. The first-order chi connectivity index (χ1) is 9.20. The summed E-state index contributed by atoms with van der Waals surface area (Å²) in [4.78, 5) is 5.07. The number of alkyl halides is 2. The van der Waals surface area contributed by atoms with Crippen LogP contribution >= 0.6 is 11.3 Å². The molecule has 102 valence electrons. The van der Waals surface area contributed by atoms with Crippen molar-refractivity contribution in [3.8, 4) is 10.4 Å². The van der Waals surface area contributed by atoms with Gasteiger partial charge in [0.1, 0.15) is 0 Å². The van der Waals surface area contributed by atoms with E-state index in [1.54, 1.807) is 25.4 Å². The molecular weight excluding hydrogens is 270 g/mol. The van der Waals surface area contributed by atoms with Crippen LogP contribution in [0.2, 0.25) is 0 Å². The summed E-state index contributed by atoms with van der Waals surface area (Å²) in [6, 6.07) is 6.36. The molecule has 0 spiro atoms. The zero-order valence-corrected chi connectivity index (χ0v) is 11.2. The Morgan fingerprint density at radius 3 is 3.00 bits per heavy atom. The highest BCUT2D eigenvalue weighted by molar-refractivity contribution is 7.18. The lowest BCUT2D eigenvalue weighted by Gasteiger charge is -2.02. The second-order valence-corrected chi connectivity index (χ2v) is 4.91. The van der Waals surface area contributed by atoms with Gasteiger partial charge in [-0.1, -0.05) is 29.5 Å². The molecule has 0 saturated carbocycles. The van der Waals surface area contributed by atoms with Crippen molar-refractivity contribution in [2.75, 3.05) is 25.6 Å². The maximum absolute atomic E-state index is 12.6. The van der Waals surface area contributed by atoms with Crippen LogP contribution in [0, 0.1) is 0 Å². The highest BCUT2D eigenvalue weighted by Crippen LogP contribution is 2.31. The molecular formula is C13H14F2N2OS. The molecule has 2 rings (SSSR count). The van der Waals surface area contributed by atoms with Gasteiger partial charge in [-0.15, -0.1) is 0 Å². The Balaban J connectivity index is 2.11. The van der Waals surface area contributed by atoms with E-state index in [1.165, 1.54) is 23.5 Å². The van der Waals surface area contributed by atoms with Crippen molar-refractivity contribution in [1.29, 1.82) is 0 Å². The maximum Gasteiger partial charge on any atom is 0.263 e. The van der Waals surface area contributed by atoms with E-state index in [9.17, 15) is 8.78 Å². The number of anilines is 1. The van der Waals surface area contributed by atoms with Gasteiger partial charge in [0, 0.05) is 25.4 Å². The van der Waals surface area contributed by atoms with Gasteiger partial charge in [0.2, 0.25) is 0 Å². The van der Waals surface area contributed by atoms with E-state index in [4.69, 9.17) is 4.74 Å². The summed E-state index contributed by atoms with van der Waals surface area (Å²) in [5.41, 5.74) is 0.787. The molecule has 0 amide bonds. The van der Waals surface area contributed by atoms with E-state index >= 15 is 0 Å². The Bertz CT molecular complexity index is 531. The summed E-state index contributed by atoms with van der Waals surface area (Å²) in [6.07, 6.45) is -0.767. The van der Waals surface area contributed by atoms with Crippen LogP contribution in [-0.4, -0.2) is 25.2 Å². The number of aromatic nitrogens is 1. The maximum atomic E-state index is 12.6. The third-order valence-electron chi connectivity index (χ3n) is 2.51. The van der Waals surface area contributed by atoms with Crippen LogP contribution in [0.1, 0.15) is 12.0 Å². The fraction of sp³-hybridized carbons (Fsp3) is 0.308. The molecule has 2 aromatic rings. The third kappa shape index (κ3) is 3.71. The van der Waals surface area contributed by atoms with Crippen LogP contribution in [0.4, 0.5) is 13.9 Å². The number of thiazole rings is 1. The zero-order chi connectivity index (χ0) is 13.7. The molecule has 0 atom stereocenters. The van der Waals surface area contributed by atoms with Crippen LogP contribution in [0.5, 0.6) is 0 Å². The van der Waals surface area contributed by atoms with Crippen LogP contribution in [0.25, 0.3) is 10.4 Å². The van der Waals surface area contributed by atoms with E-state index in [2.05, 4.69) is 10.3 Å². The van der Waals surface area contributed by atoms with Crippen molar-refractivity contribution in [3.63, 3.8) is 0 Å². The van der Waals surface area contributed by atoms with Crippen molar-refractivity contribution in [2.45, 2.75) is 6.43 Å². The predicted octanol–water partition coefficient (Wildman–Crippen LogP) is 3.81. The lowest BCUT2D eigenvalue weighted by molar-refractivity contribution is 0.151. The number of hydrogen-bond acceptors (Lipinski definition) is 4. The SMILES string of the molecule is COCCNc1ncc(-c2cccc(C(F)F)c2)s1. The molecule has 1 aromatic carbocycles. The van der Waals surface area contributed by atoms with E-state index in [-0.39, 0.29) is 5.56 Å². The van der Waals surface area contributed by atoms with Gasteiger partial charge in [0.05, 0.1) is 11.5 Å². The number of hydrogen-bond donors (Lipinski definition) is 1. The number of benzene rings is 1. The topological polar surface area (TPSA) is 34.1 Å². The normalized spacial score (nSPS) is 10.9. The summed E-state index contributed by atoms with van der Waals surface area (Å²) in [5.74, 6) is 0. The molecule has 1 N–H and O–H groups in total. The Labute approximate surface area is 114 Å². The van der Waals surface area contributed by atoms with Crippen molar-refractivity contribution in [2.24, 2.45) is 0 Å². The molecule has 19 heavy (non-hydrogen) atoms. The predicted molar refractivity (Wildman–Crippen MR) is 72.9 cm³/mol. The lowest BCUT2D eigenvalue weighted by Crippen LogP contribution is -2.06. The highest BCUT2D eigenvalue weighted by atomic mass is 32.1. The van der Waals surface area contributed by atoms with Gasteiger partial charge in [-0.3, -0.25) is 0 Å². The quantitative estimate of drug-likeness (QED) is 0.819. The summed E-state index contributed by atoms with van der Waals surface area (Å²) >= 11 is 1.43. The molecule has 1 aromatic heterocycles. The lowest BCUT2D eigenvalue weighted by atomic mass is 10.1. The minimum Gasteiger partial charge on any atom is -0.383 e. The molecule has 0 bridgehead atoms. The molecule has 0 aliphatic heterocycles. The number of halogens is 2. The molecule has 0 fully saturated rings. The van der Waals surface area contributed by atoms with Crippen molar-refractivity contribution in [1.82, 2.24) is 4.98 Å². The number of nitrogens with zero attached hydrogens (tertiary/aromatic N) is 1. The molecule has 0 unspecified atom stereocenters. The Morgan fingerprint density at radius 1 is 1.42 bits per heavy atom. The average molecular weight is 284 g/mol. The summed E-state index contributed by atoms with van der Waals surface area (Å²) in [5, 5.41) is 3.87. The smallest absolute Gasteiger partial charge is 0.263 e. The summed E-state index contributed by atoms with van der Waals surface area (Å²) in [6.45, 7) is 1.26. The highest BCUT2D eigenvalue weighted by Gasteiger charge is 2.09. The van der Waals surface area contributed by atoms with Crippen molar-refractivity contribution in [3.05, 3.63) is 36.0 Å². The van der Waals surface area contributed by atoms with Gasteiger partial charge >= 0.3 is 0 Å². The third-order valence-corrected chi connectivity index (χ3v) is 3.52. The largest absolute Gasteiger partial charge is 0.383 e. The van der Waals surface area contributed by atoms with Crippen LogP contribution in [0.3, 0.4) is 0 Å². The summed E-state index contributed by atoms with van der Waals surface area (Å²) in [7, 11) is 1.63. The van der Waals surface area contributed by atoms with Gasteiger partial charge < -0.3 is 10.1 Å².